The van der Waals surface area contributed by atoms with Gasteiger partial charge < -0.3 is 19.8 Å². The van der Waals surface area contributed by atoms with Crippen molar-refractivity contribution in [2.24, 2.45) is 5.92 Å². The predicted octanol–water partition coefficient (Wildman–Crippen LogP) is 3.66. The van der Waals surface area contributed by atoms with Crippen LogP contribution in [-0.2, 0) is 9.47 Å². The number of aromatic nitrogens is 4. The smallest absolute Gasteiger partial charge is 0.338 e. The molecular weight excluding hydrogens is 549 g/mol. The zero-order valence-corrected chi connectivity index (χ0v) is 20.0. The van der Waals surface area contributed by atoms with Gasteiger partial charge in [0.1, 0.15) is 15.3 Å². The third kappa shape index (κ3) is 4.32. The summed E-state index contributed by atoms with van der Waals surface area (Å²) in [5.41, 5.74) is 7.97. The Hall–Kier alpha value is -3.54. The second kappa shape index (κ2) is 9.37. The topological polar surface area (TPSA) is 122 Å². The molecule has 1 aliphatic rings. The minimum absolute atomic E-state index is 0.123. The van der Waals surface area contributed by atoms with Gasteiger partial charge in [0.2, 0.25) is 5.95 Å². The summed E-state index contributed by atoms with van der Waals surface area (Å²) in [5.74, 6) is -0.895. The number of carbonyl (C=O) groups is 2. The van der Waals surface area contributed by atoms with Gasteiger partial charge in [-0.05, 0) is 53.3 Å². The fourth-order valence-electron chi connectivity index (χ4n) is 4.05. The van der Waals surface area contributed by atoms with Crippen molar-refractivity contribution >= 4 is 51.6 Å². The Morgan fingerprint density at radius 2 is 1.65 bits per heavy atom. The van der Waals surface area contributed by atoms with Crippen molar-refractivity contribution in [1.82, 2.24) is 19.5 Å². The Bertz CT molecular complexity index is 1350. The molecule has 1 saturated carbocycles. The van der Waals surface area contributed by atoms with Crippen LogP contribution in [0.2, 0.25) is 0 Å². The van der Waals surface area contributed by atoms with Crippen LogP contribution in [0.4, 0.5) is 5.95 Å². The van der Waals surface area contributed by atoms with Crippen molar-refractivity contribution < 1.29 is 19.1 Å². The van der Waals surface area contributed by atoms with Gasteiger partial charge in [0, 0.05) is 5.92 Å². The van der Waals surface area contributed by atoms with Crippen molar-refractivity contribution in [3.8, 4) is 0 Å². The molecule has 2 aromatic carbocycles. The summed E-state index contributed by atoms with van der Waals surface area (Å²) in [7, 11) is 0. The van der Waals surface area contributed by atoms with E-state index >= 15 is 0 Å². The lowest BCUT2D eigenvalue weighted by atomic mass is 9.77. The van der Waals surface area contributed by atoms with Crippen molar-refractivity contribution in [2.45, 2.75) is 18.6 Å². The minimum atomic E-state index is -0.539. The Balaban J connectivity index is 1.38. The summed E-state index contributed by atoms with van der Waals surface area (Å²) in [6, 6.07) is 17.3. The van der Waals surface area contributed by atoms with E-state index in [4.69, 9.17) is 15.2 Å². The van der Waals surface area contributed by atoms with E-state index in [0.717, 1.165) is 0 Å². The zero-order valence-electron chi connectivity index (χ0n) is 17.9. The second-order valence-electron chi connectivity index (χ2n) is 7.96. The number of carbonyl (C=O) groups excluding carboxylic acids is 2. The van der Waals surface area contributed by atoms with Crippen LogP contribution in [0, 0.1) is 9.62 Å². The van der Waals surface area contributed by atoms with Gasteiger partial charge in [-0.2, -0.15) is 4.98 Å². The molecule has 1 fully saturated rings. The molecular formula is C24H20IN5O4. The van der Waals surface area contributed by atoms with Gasteiger partial charge in [-0.25, -0.2) is 19.6 Å². The minimum Gasteiger partial charge on any atom is -0.462 e. The van der Waals surface area contributed by atoms with Crippen LogP contribution in [-0.4, -0.2) is 44.2 Å². The van der Waals surface area contributed by atoms with E-state index in [0.29, 0.717) is 32.4 Å². The average Bonchev–Trinajstić information content (AvgIpc) is 3.26. The first-order valence-electron chi connectivity index (χ1n) is 10.6. The number of anilines is 1. The number of rotatable bonds is 6. The molecule has 4 aromatic rings. The number of nitrogens with two attached hydrogens (primary N) is 1. The molecule has 2 heterocycles. The van der Waals surface area contributed by atoms with Gasteiger partial charge in [0.15, 0.2) is 5.65 Å². The third-order valence-corrected chi connectivity index (χ3v) is 6.58. The number of hydrogen-bond acceptors (Lipinski definition) is 8. The maximum Gasteiger partial charge on any atom is 0.338 e. The largest absolute Gasteiger partial charge is 0.462 e. The lowest BCUT2D eigenvalue weighted by molar-refractivity contribution is -0.0762. The number of hydrogen-bond donors (Lipinski definition) is 1. The highest BCUT2D eigenvalue weighted by Gasteiger charge is 2.46. The number of benzene rings is 2. The lowest BCUT2D eigenvalue weighted by Crippen LogP contribution is -2.48. The van der Waals surface area contributed by atoms with Gasteiger partial charge >= 0.3 is 11.9 Å². The van der Waals surface area contributed by atoms with Gasteiger partial charge in [0.25, 0.3) is 0 Å². The average molecular weight is 569 g/mol. The van der Waals surface area contributed by atoms with Crippen LogP contribution in [0.25, 0.3) is 11.2 Å². The lowest BCUT2D eigenvalue weighted by Gasteiger charge is -2.43. The van der Waals surface area contributed by atoms with Crippen molar-refractivity contribution in [3.05, 3.63) is 81.8 Å². The molecule has 1 aliphatic carbocycles. The highest BCUT2D eigenvalue weighted by molar-refractivity contribution is 14.1. The number of imidazole rings is 1. The van der Waals surface area contributed by atoms with Crippen LogP contribution < -0.4 is 5.73 Å². The van der Waals surface area contributed by atoms with E-state index in [1.54, 1.807) is 54.9 Å². The van der Waals surface area contributed by atoms with E-state index in [2.05, 4.69) is 37.5 Å². The molecule has 0 bridgehead atoms. The monoisotopic (exact) mass is 569 g/mol. The molecule has 3 atom stereocenters. The summed E-state index contributed by atoms with van der Waals surface area (Å²) in [6.07, 6.45) is 1.73. The van der Waals surface area contributed by atoms with Crippen LogP contribution in [0.15, 0.2) is 67.0 Å². The van der Waals surface area contributed by atoms with E-state index < -0.39 is 18.0 Å². The quantitative estimate of drug-likeness (QED) is 0.212. The second-order valence-corrected chi connectivity index (χ2v) is 8.98. The standard InChI is InChI=1S/C24H20IN5O4/c25-20-18-21(29-24(26)28-20)30(13-27-18)17-11-16(12-33-22(31)14-7-3-1-4-8-14)19(17)34-23(32)15-9-5-2-6-10-15/h1-10,13,16-17,19H,11-12H2,(H2,26,28,29). The first-order valence-corrected chi connectivity index (χ1v) is 11.7. The maximum atomic E-state index is 12.8. The highest BCUT2D eigenvalue weighted by atomic mass is 127. The van der Waals surface area contributed by atoms with Gasteiger partial charge in [-0.3, -0.25) is 0 Å². The fourth-order valence-corrected chi connectivity index (χ4v) is 4.68. The normalized spacial score (nSPS) is 19.4. The zero-order chi connectivity index (χ0) is 23.7. The number of esters is 2. The van der Waals surface area contributed by atoms with E-state index in [1.807, 2.05) is 16.7 Å². The summed E-state index contributed by atoms with van der Waals surface area (Å²) < 4.78 is 14.0. The first kappa shape index (κ1) is 22.3. The molecule has 172 valence electrons. The molecule has 0 spiro atoms. The van der Waals surface area contributed by atoms with Crippen molar-refractivity contribution in [1.29, 1.82) is 0 Å². The molecule has 3 unspecified atom stereocenters. The van der Waals surface area contributed by atoms with Gasteiger partial charge in [-0.15, -0.1) is 0 Å². The number of nitrogen functional groups attached to an aromatic ring is 1. The summed E-state index contributed by atoms with van der Waals surface area (Å²) in [4.78, 5) is 38.2. The first-order chi connectivity index (χ1) is 16.5. The Labute approximate surface area is 208 Å². The maximum absolute atomic E-state index is 12.8. The predicted molar refractivity (Wildman–Crippen MR) is 132 cm³/mol. The highest BCUT2D eigenvalue weighted by Crippen LogP contribution is 2.42. The molecule has 2 N–H and O–H groups in total. The van der Waals surface area contributed by atoms with Crippen LogP contribution in [0.1, 0.15) is 33.2 Å². The summed E-state index contributed by atoms with van der Waals surface area (Å²) in [6.45, 7) is 0.123. The third-order valence-electron chi connectivity index (χ3n) is 5.83. The molecule has 9 nitrogen and oxygen atoms in total. The number of nitrogens with zero attached hydrogens (tertiary/aromatic N) is 4. The molecule has 0 aliphatic heterocycles. The SMILES string of the molecule is Nc1nc(I)c2ncn(C3CC(COC(=O)c4ccccc4)C3OC(=O)c3ccccc3)c2n1. The van der Waals surface area contributed by atoms with Crippen LogP contribution in [0.3, 0.4) is 0 Å². The Morgan fingerprint density at radius 1 is 1.00 bits per heavy atom. The van der Waals surface area contributed by atoms with E-state index in [9.17, 15) is 9.59 Å². The summed E-state index contributed by atoms with van der Waals surface area (Å²) >= 11 is 2.06. The molecule has 0 saturated heterocycles. The molecule has 0 radical (unpaired) electrons. The van der Waals surface area contributed by atoms with E-state index in [-0.39, 0.29) is 24.5 Å². The van der Waals surface area contributed by atoms with Gasteiger partial charge in [0.05, 0.1) is 30.1 Å². The van der Waals surface area contributed by atoms with Crippen molar-refractivity contribution in [3.63, 3.8) is 0 Å². The van der Waals surface area contributed by atoms with Crippen LogP contribution in [0.5, 0.6) is 0 Å². The Morgan fingerprint density at radius 3 is 2.32 bits per heavy atom. The molecule has 10 heteroatoms. The summed E-state index contributed by atoms with van der Waals surface area (Å²) in [5, 5.41) is 0. The molecule has 34 heavy (non-hydrogen) atoms. The van der Waals surface area contributed by atoms with E-state index in [1.165, 1.54) is 0 Å². The fraction of sp³-hybridized carbons (Fsp3) is 0.208. The molecule has 2 aromatic heterocycles. The molecule has 0 amide bonds. The van der Waals surface area contributed by atoms with Gasteiger partial charge in [-0.1, -0.05) is 36.4 Å². The number of fused-ring (bicyclic) bond motifs is 1. The number of halogens is 1. The van der Waals surface area contributed by atoms with Crippen molar-refractivity contribution in [2.75, 3.05) is 12.3 Å². The molecule has 5 rings (SSSR count). The van der Waals surface area contributed by atoms with Crippen LogP contribution >= 0.6 is 22.6 Å². The number of ether oxygens (including phenoxy) is 2. The Kier molecular flexibility index (Phi) is 6.14.